The quantitative estimate of drug-likeness (QED) is 0.189. The maximum Gasteiger partial charge on any atom is 0.326 e. The topological polar surface area (TPSA) is 151 Å². The second-order valence-electron chi connectivity index (χ2n) is 8.03. The number of thiol groups is 1. The van der Waals surface area contributed by atoms with Gasteiger partial charge in [0.15, 0.2) is 0 Å². The molecule has 0 spiro atoms. The van der Waals surface area contributed by atoms with Crippen LogP contribution >= 0.6 is 24.4 Å². The summed E-state index contributed by atoms with van der Waals surface area (Å²) < 4.78 is 0. The van der Waals surface area contributed by atoms with Gasteiger partial charge >= 0.3 is 5.97 Å². The van der Waals surface area contributed by atoms with E-state index < -0.39 is 47.9 Å². The summed E-state index contributed by atoms with van der Waals surface area (Å²) in [4.78, 5) is 49.5. The number of thioether (sulfide) groups is 1. The highest BCUT2D eigenvalue weighted by Gasteiger charge is 2.32. The van der Waals surface area contributed by atoms with Gasteiger partial charge in [-0.25, -0.2) is 4.79 Å². The van der Waals surface area contributed by atoms with Crippen molar-refractivity contribution in [3.8, 4) is 0 Å². The molecule has 0 saturated heterocycles. The Labute approximate surface area is 194 Å². The molecule has 0 aliphatic heterocycles. The average Bonchev–Trinajstić information content (AvgIpc) is 2.72. The van der Waals surface area contributed by atoms with Gasteiger partial charge in [0.05, 0.1) is 6.04 Å². The van der Waals surface area contributed by atoms with Crippen LogP contribution in [0, 0.1) is 11.8 Å². The molecule has 0 aromatic carbocycles. The number of nitrogens with two attached hydrogens (primary N) is 1. The first-order valence-electron chi connectivity index (χ1n) is 10.5. The molecule has 0 aliphatic rings. The molecule has 0 heterocycles. The van der Waals surface area contributed by atoms with Crippen LogP contribution in [0.4, 0.5) is 0 Å². The highest BCUT2D eigenvalue weighted by Crippen LogP contribution is 2.11. The number of nitrogens with one attached hydrogen (secondary N) is 3. The second kappa shape index (κ2) is 15.4. The first kappa shape index (κ1) is 29.5. The summed E-state index contributed by atoms with van der Waals surface area (Å²) in [7, 11) is 0. The lowest BCUT2D eigenvalue weighted by atomic mass is 9.97. The third-order valence-electron chi connectivity index (χ3n) is 4.89. The van der Waals surface area contributed by atoms with Crippen molar-refractivity contribution >= 4 is 48.1 Å². The minimum absolute atomic E-state index is 0.0710. The van der Waals surface area contributed by atoms with Gasteiger partial charge in [0.25, 0.3) is 0 Å². The van der Waals surface area contributed by atoms with Gasteiger partial charge in [-0.15, -0.1) is 0 Å². The van der Waals surface area contributed by atoms with E-state index in [0.717, 1.165) is 0 Å². The van der Waals surface area contributed by atoms with E-state index in [4.69, 9.17) is 5.73 Å². The van der Waals surface area contributed by atoms with Crippen LogP contribution in [0.1, 0.15) is 47.0 Å². The van der Waals surface area contributed by atoms with Crippen LogP contribution in [-0.2, 0) is 19.2 Å². The largest absolute Gasteiger partial charge is 0.480 e. The molecule has 0 saturated carbocycles. The zero-order valence-electron chi connectivity index (χ0n) is 19.0. The Hall–Kier alpha value is -1.46. The van der Waals surface area contributed by atoms with Gasteiger partial charge in [0, 0.05) is 5.75 Å². The molecular weight excluding hydrogens is 440 g/mol. The molecule has 11 heteroatoms. The zero-order valence-corrected chi connectivity index (χ0v) is 20.7. The molecule has 5 unspecified atom stereocenters. The predicted molar refractivity (Wildman–Crippen MR) is 127 cm³/mol. The molecule has 0 aromatic rings. The summed E-state index contributed by atoms with van der Waals surface area (Å²) in [6.45, 7) is 7.43. The van der Waals surface area contributed by atoms with E-state index in [2.05, 4.69) is 28.6 Å². The molecule has 0 fully saturated rings. The summed E-state index contributed by atoms with van der Waals surface area (Å²) in [5.41, 5.74) is 5.70. The van der Waals surface area contributed by atoms with Crippen LogP contribution in [0.25, 0.3) is 0 Å². The maximum absolute atomic E-state index is 13.0. The molecule has 3 amide bonds. The van der Waals surface area contributed by atoms with E-state index in [9.17, 15) is 24.3 Å². The Kier molecular flexibility index (Phi) is 14.6. The van der Waals surface area contributed by atoms with Gasteiger partial charge in [-0.2, -0.15) is 24.4 Å². The third kappa shape index (κ3) is 11.1. The molecule has 0 radical (unpaired) electrons. The van der Waals surface area contributed by atoms with E-state index in [1.165, 1.54) is 11.8 Å². The highest BCUT2D eigenvalue weighted by molar-refractivity contribution is 7.98. The lowest BCUT2D eigenvalue weighted by Crippen LogP contribution is -2.59. The molecule has 0 aliphatic carbocycles. The Morgan fingerprint density at radius 3 is 2.03 bits per heavy atom. The fourth-order valence-corrected chi connectivity index (χ4v) is 3.41. The second-order valence-corrected chi connectivity index (χ2v) is 9.38. The summed E-state index contributed by atoms with van der Waals surface area (Å²) in [6.07, 6.45) is 3.09. The number of hydrogen-bond donors (Lipinski definition) is 6. The lowest BCUT2D eigenvalue weighted by molar-refractivity contribution is -0.142. The molecular formula is C20H38N4O5S2. The smallest absolute Gasteiger partial charge is 0.326 e. The number of carbonyl (C=O) groups excluding carboxylic acids is 3. The van der Waals surface area contributed by atoms with Crippen LogP contribution in [0.2, 0.25) is 0 Å². The Bertz CT molecular complexity index is 606. The average molecular weight is 479 g/mol. The van der Waals surface area contributed by atoms with Crippen molar-refractivity contribution in [1.29, 1.82) is 0 Å². The fourth-order valence-electron chi connectivity index (χ4n) is 2.78. The molecule has 6 N–H and O–H groups in total. The van der Waals surface area contributed by atoms with E-state index >= 15 is 0 Å². The Balaban J connectivity index is 5.46. The standard InChI is InChI=1S/C20H38N4O5S2/c1-6-12(4)16(24-17(25)13(21)10-30)19(27)22-14(7-8-31-5)18(26)23-15(20(28)29)9-11(2)3/h11-16,30H,6-10,21H2,1-5H3,(H,22,27)(H,23,26)(H,24,25)(H,28,29). The van der Waals surface area contributed by atoms with Gasteiger partial charge in [0.2, 0.25) is 17.7 Å². The predicted octanol–water partition coefficient (Wildman–Crippen LogP) is 0.628. The van der Waals surface area contributed by atoms with E-state index in [1.807, 2.05) is 34.0 Å². The van der Waals surface area contributed by atoms with Crippen LogP contribution in [0.5, 0.6) is 0 Å². The zero-order chi connectivity index (χ0) is 24.1. The lowest BCUT2D eigenvalue weighted by Gasteiger charge is -2.28. The number of carbonyl (C=O) groups is 4. The number of carboxylic acid groups (broad SMARTS) is 1. The van der Waals surface area contributed by atoms with Crippen LogP contribution < -0.4 is 21.7 Å². The molecule has 0 rings (SSSR count). The molecule has 9 nitrogen and oxygen atoms in total. The van der Waals surface area contributed by atoms with Crippen molar-refractivity contribution in [2.75, 3.05) is 17.8 Å². The number of rotatable bonds is 15. The molecule has 0 aromatic heterocycles. The third-order valence-corrected chi connectivity index (χ3v) is 5.93. The van der Waals surface area contributed by atoms with Gasteiger partial charge < -0.3 is 26.8 Å². The summed E-state index contributed by atoms with van der Waals surface area (Å²) in [5, 5.41) is 17.3. The Morgan fingerprint density at radius 2 is 1.58 bits per heavy atom. The van der Waals surface area contributed by atoms with Crippen LogP contribution in [0.3, 0.4) is 0 Å². The van der Waals surface area contributed by atoms with Crippen molar-refractivity contribution in [1.82, 2.24) is 16.0 Å². The van der Waals surface area contributed by atoms with Gasteiger partial charge in [-0.3, -0.25) is 14.4 Å². The first-order chi connectivity index (χ1) is 14.5. The summed E-state index contributed by atoms with van der Waals surface area (Å²) in [5.74, 6) is -2.10. The molecule has 5 atom stereocenters. The number of amides is 3. The first-order valence-corrected chi connectivity index (χ1v) is 12.5. The molecule has 0 bridgehead atoms. The van der Waals surface area contributed by atoms with E-state index in [0.29, 0.717) is 18.6 Å². The monoisotopic (exact) mass is 478 g/mol. The highest BCUT2D eigenvalue weighted by atomic mass is 32.2. The van der Waals surface area contributed by atoms with Gasteiger partial charge in [0.1, 0.15) is 18.1 Å². The minimum Gasteiger partial charge on any atom is -0.480 e. The van der Waals surface area contributed by atoms with Crippen molar-refractivity contribution in [2.45, 2.75) is 71.1 Å². The van der Waals surface area contributed by atoms with E-state index in [1.54, 1.807) is 0 Å². The van der Waals surface area contributed by atoms with E-state index in [-0.39, 0.29) is 24.0 Å². The summed E-state index contributed by atoms with van der Waals surface area (Å²) in [6, 6.07) is -3.69. The summed E-state index contributed by atoms with van der Waals surface area (Å²) >= 11 is 5.51. The molecule has 180 valence electrons. The van der Waals surface area contributed by atoms with Gasteiger partial charge in [-0.05, 0) is 36.7 Å². The normalized spacial score (nSPS) is 16.0. The van der Waals surface area contributed by atoms with Crippen molar-refractivity contribution in [3.63, 3.8) is 0 Å². The number of aliphatic carboxylic acids is 1. The fraction of sp³-hybridized carbons (Fsp3) is 0.800. The van der Waals surface area contributed by atoms with Gasteiger partial charge in [-0.1, -0.05) is 34.1 Å². The van der Waals surface area contributed by atoms with Crippen molar-refractivity contribution in [2.24, 2.45) is 17.6 Å². The van der Waals surface area contributed by atoms with Crippen molar-refractivity contribution < 1.29 is 24.3 Å². The van der Waals surface area contributed by atoms with Crippen LogP contribution in [0.15, 0.2) is 0 Å². The van der Waals surface area contributed by atoms with Crippen LogP contribution in [-0.4, -0.2) is 70.7 Å². The van der Waals surface area contributed by atoms with Crippen molar-refractivity contribution in [3.05, 3.63) is 0 Å². The SMILES string of the molecule is CCC(C)C(NC(=O)C(N)CS)C(=O)NC(CCSC)C(=O)NC(CC(C)C)C(=O)O. The number of hydrogen-bond acceptors (Lipinski definition) is 7. The maximum atomic E-state index is 13.0. The Morgan fingerprint density at radius 1 is 1.00 bits per heavy atom. The number of carboxylic acids is 1. The minimum atomic E-state index is -1.12. The molecule has 31 heavy (non-hydrogen) atoms.